The van der Waals surface area contributed by atoms with Gasteiger partial charge in [-0.05, 0) is 6.92 Å². The summed E-state index contributed by atoms with van der Waals surface area (Å²) in [5.41, 5.74) is 6.04. The molecular weight excluding hydrogens is 254 g/mol. The molecule has 1 aromatic rings. The maximum atomic E-state index is 5.85. The van der Waals surface area contributed by atoms with Crippen LogP contribution in [0.5, 0.6) is 0 Å². The van der Waals surface area contributed by atoms with Gasteiger partial charge in [0, 0.05) is 6.04 Å². The Kier molecular flexibility index (Phi) is 3.66. The Balaban J connectivity index is 3.41. The van der Waals surface area contributed by atoms with E-state index in [4.69, 9.17) is 52.1 Å². The first-order chi connectivity index (χ1) is 5.95. The molecule has 1 aromatic heterocycles. The van der Waals surface area contributed by atoms with Gasteiger partial charge in [-0.15, -0.1) is 0 Å². The Morgan fingerprint density at radius 1 is 1.08 bits per heavy atom. The molecule has 72 valence electrons. The van der Waals surface area contributed by atoms with Gasteiger partial charge in [0.1, 0.15) is 5.15 Å². The number of rotatable bonds is 1. The third kappa shape index (κ3) is 2.20. The van der Waals surface area contributed by atoms with Crippen LogP contribution in [-0.2, 0) is 0 Å². The predicted molar refractivity (Wildman–Crippen MR) is 56.9 cm³/mol. The monoisotopic (exact) mass is 258 g/mol. The summed E-state index contributed by atoms with van der Waals surface area (Å²) in [6, 6.07) is -0.334. The van der Waals surface area contributed by atoms with Crippen molar-refractivity contribution in [1.29, 1.82) is 0 Å². The van der Waals surface area contributed by atoms with Crippen molar-refractivity contribution < 1.29 is 0 Å². The summed E-state index contributed by atoms with van der Waals surface area (Å²) in [4.78, 5) is 3.92. The lowest BCUT2D eigenvalue weighted by Crippen LogP contribution is -2.08. The summed E-state index contributed by atoms with van der Waals surface area (Å²) in [7, 11) is 0. The van der Waals surface area contributed by atoms with Crippen LogP contribution in [0.1, 0.15) is 18.7 Å². The van der Waals surface area contributed by atoms with E-state index in [1.165, 1.54) is 0 Å². The highest BCUT2D eigenvalue weighted by Gasteiger charge is 2.16. The molecule has 0 aromatic carbocycles. The molecule has 0 aliphatic rings. The van der Waals surface area contributed by atoms with E-state index in [1.807, 2.05) is 0 Å². The average Bonchev–Trinajstić information content (AvgIpc) is 2.07. The third-order valence-electron chi connectivity index (χ3n) is 1.44. The molecule has 0 fully saturated rings. The van der Waals surface area contributed by atoms with Crippen molar-refractivity contribution in [3.8, 4) is 0 Å². The summed E-state index contributed by atoms with van der Waals surface area (Å²) in [6.07, 6.45) is 0. The zero-order chi connectivity index (χ0) is 10.2. The van der Waals surface area contributed by atoms with Gasteiger partial charge in [-0.25, -0.2) is 4.98 Å². The third-order valence-corrected chi connectivity index (χ3v) is 3.13. The van der Waals surface area contributed by atoms with Crippen molar-refractivity contribution in [3.63, 3.8) is 0 Å². The Bertz CT molecular complexity index is 338. The average molecular weight is 260 g/mol. The molecule has 0 amide bonds. The number of hydrogen-bond donors (Lipinski definition) is 1. The van der Waals surface area contributed by atoms with Crippen LogP contribution in [0.2, 0.25) is 20.2 Å². The molecule has 6 heteroatoms. The lowest BCUT2D eigenvalue weighted by molar-refractivity contribution is 0.782. The van der Waals surface area contributed by atoms with Crippen LogP contribution in [0, 0.1) is 0 Å². The molecule has 0 aliphatic carbocycles. The SMILES string of the molecule is C[C@H](N)c1nc(Cl)c(Cl)c(Cl)c1Cl. The van der Waals surface area contributed by atoms with Crippen molar-refractivity contribution in [2.24, 2.45) is 5.73 Å². The Morgan fingerprint density at radius 3 is 2.08 bits per heavy atom. The second-order valence-electron chi connectivity index (χ2n) is 2.52. The normalized spacial score (nSPS) is 13.1. The van der Waals surface area contributed by atoms with Crippen molar-refractivity contribution in [2.45, 2.75) is 13.0 Å². The van der Waals surface area contributed by atoms with Crippen molar-refractivity contribution >= 4 is 46.4 Å². The van der Waals surface area contributed by atoms with Crippen molar-refractivity contribution in [1.82, 2.24) is 4.98 Å². The van der Waals surface area contributed by atoms with Crippen LogP contribution < -0.4 is 5.73 Å². The first-order valence-electron chi connectivity index (χ1n) is 3.40. The smallest absolute Gasteiger partial charge is 0.149 e. The van der Waals surface area contributed by atoms with E-state index >= 15 is 0 Å². The van der Waals surface area contributed by atoms with Gasteiger partial charge in [-0.1, -0.05) is 46.4 Å². The van der Waals surface area contributed by atoms with E-state index in [0.717, 1.165) is 0 Å². The molecule has 0 saturated heterocycles. The van der Waals surface area contributed by atoms with Crippen molar-refractivity contribution in [3.05, 3.63) is 25.9 Å². The van der Waals surface area contributed by atoms with Crippen LogP contribution in [0.3, 0.4) is 0 Å². The Labute approximate surface area is 95.9 Å². The quantitative estimate of drug-likeness (QED) is 0.781. The van der Waals surface area contributed by atoms with Gasteiger partial charge < -0.3 is 5.73 Å². The Morgan fingerprint density at radius 2 is 1.62 bits per heavy atom. The lowest BCUT2D eigenvalue weighted by Gasteiger charge is -2.10. The minimum absolute atomic E-state index is 0.114. The molecule has 0 aliphatic heterocycles. The van der Waals surface area contributed by atoms with Crippen LogP contribution in [-0.4, -0.2) is 4.98 Å². The molecule has 2 N–H and O–H groups in total. The number of pyridine rings is 1. The molecule has 0 saturated carbocycles. The van der Waals surface area contributed by atoms with Gasteiger partial charge in [-0.3, -0.25) is 0 Å². The molecule has 2 nitrogen and oxygen atoms in total. The van der Waals surface area contributed by atoms with Crippen LogP contribution in [0.4, 0.5) is 0 Å². The van der Waals surface area contributed by atoms with Gasteiger partial charge in [0.05, 0.1) is 20.8 Å². The van der Waals surface area contributed by atoms with Crippen LogP contribution in [0.25, 0.3) is 0 Å². The second kappa shape index (κ2) is 4.20. The van der Waals surface area contributed by atoms with E-state index in [1.54, 1.807) is 6.92 Å². The minimum atomic E-state index is -0.334. The summed E-state index contributed by atoms with van der Waals surface area (Å²) in [5.74, 6) is 0. The predicted octanol–water partition coefficient (Wildman–Crippen LogP) is 3.71. The van der Waals surface area contributed by atoms with Crippen molar-refractivity contribution in [2.75, 3.05) is 0 Å². The first-order valence-corrected chi connectivity index (χ1v) is 4.91. The van der Waals surface area contributed by atoms with E-state index in [-0.39, 0.29) is 26.3 Å². The number of nitrogens with zero attached hydrogens (tertiary/aromatic N) is 1. The highest BCUT2D eigenvalue weighted by molar-refractivity contribution is 6.51. The van der Waals surface area contributed by atoms with E-state index in [0.29, 0.717) is 5.69 Å². The molecule has 13 heavy (non-hydrogen) atoms. The summed E-state index contributed by atoms with van der Waals surface area (Å²) in [5, 5.41) is 0.711. The van der Waals surface area contributed by atoms with Gasteiger partial charge in [-0.2, -0.15) is 0 Å². The van der Waals surface area contributed by atoms with E-state index in [9.17, 15) is 0 Å². The molecule has 0 radical (unpaired) electrons. The highest BCUT2D eigenvalue weighted by Crippen LogP contribution is 2.37. The van der Waals surface area contributed by atoms with Crippen LogP contribution >= 0.6 is 46.4 Å². The van der Waals surface area contributed by atoms with Crippen LogP contribution in [0.15, 0.2) is 0 Å². The van der Waals surface area contributed by atoms with Gasteiger partial charge in [0.25, 0.3) is 0 Å². The fourth-order valence-electron chi connectivity index (χ4n) is 0.805. The summed E-state index contributed by atoms with van der Waals surface area (Å²) >= 11 is 23.0. The standard InChI is InChI=1S/C7H6Cl4N2/c1-2(12)6-4(9)3(8)5(10)7(11)13-6/h2H,12H2,1H3/t2-/m0/s1. The fourth-order valence-corrected chi connectivity index (χ4v) is 1.72. The molecule has 1 heterocycles. The van der Waals surface area contributed by atoms with Gasteiger partial charge >= 0.3 is 0 Å². The minimum Gasteiger partial charge on any atom is -0.323 e. The number of aromatic nitrogens is 1. The largest absolute Gasteiger partial charge is 0.323 e. The maximum Gasteiger partial charge on any atom is 0.149 e. The number of halogens is 4. The molecule has 0 unspecified atom stereocenters. The summed E-state index contributed by atoms with van der Waals surface area (Å²) in [6.45, 7) is 1.73. The molecule has 0 bridgehead atoms. The van der Waals surface area contributed by atoms with Gasteiger partial charge in [0.2, 0.25) is 0 Å². The second-order valence-corrected chi connectivity index (χ2v) is 4.01. The van der Waals surface area contributed by atoms with E-state index in [2.05, 4.69) is 4.98 Å². The fraction of sp³-hybridized carbons (Fsp3) is 0.286. The number of hydrogen-bond acceptors (Lipinski definition) is 2. The van der Waals surface area contributed by atoms with Gasteiger partial charge in [0.15, 0.2) is 0 Å². The molecule has 1 rings (SSSR count). The molecule has 1 atom stereocenters. The Hall–Kier alpha value is 0.270. The zero-order valence-electron chi connectivity index (χ0n) is 6.61. The maximum absolute atomic E-state index is 5.85. The van der Waals surface area contributed by atoms with E-state index < -0.39 is 0 Å². The lowest BCUT2D eigenvalue weighted by atomic mass is 10.2. The number of nitrogens with two attached hydrogens (primary N) is 1. The highest BCUT2D eigenvalue weighted by atomic mass is 35.5. The zero-order valence-corrected chi connectivity index (χ0v) is 9.64. The first kappa shape index (κ1) is 11.3. The topological polar surface area (TPSA) is 38.9 Å². The summed E-state index contributed by atoms with van der Waals surface area (Å²) < 4.78 is 0. The molecule has 0 spiro atoms. The molecular formula is C7H6Cl4N2.